The number of nitrogens with zero attached hydrogens (tertiary/aromatic N) is 1. The minimum atomic E-state index is -3.75. The van der Waals surface area contributed by atoms with Crippen molar-refractivity contribution in [2.45, 2.75) is 5.75 Å². The predicted octanol–water partition coefficient (Wildman–Crippen LogP) is 1.86. The smallest absolute Gasteiger partial charge is 0.337 e. The number of anilines is 1. The van der Waals surface area contributed by atoms with Crippen LogP contribution in [0, 0.1) is 5.82 Å². The lowest BCUT2D eigenvalue weighted by atomic mass is 10.2. The van der Waals surface area contributed by atoms with E-state index in [0.717, 1.165) is 24.4 Å². The molecule has 0 bridgehead atoms. The van der Waals surface area contributed by atoms with Gasteiger partial charge in [-0.3, -0.25) is 9.71 Å². The number of carboxylic acids is 1. The van der Waals surface area contributed by atoms with Crippen LogP contribution in [-0.2, 0) is 15.8 Å². The molecule has 2 N–H and O–H groups in total. The summed E-state index contributed by atoms with van der Waals surface area (Å²) in [4.78, 5) is 14.4. The van der Waals surface area contributed by atoms with Crippen LogP contribution in [0.2, 0.25) is 0 Å². The number of aromatic carboxylic acids is 1. The molecule has 8 heteroatoms. The van der Waals surface area contributed by atoms with E-state index in [1.807, 2.05) is 0 Å². The summed E-state index contributed by atoms with van der Waals surface area (Å²) in [5, 5.41) is 8.82. The lowest BCUT2D eigenvalue weighted by molar-refractivity contribution is 0.0696. The molecule has 0 unspecified atom stereocenters. The van der Waals surface area contributed by atoms with Crippen molar-refractivity contribution < 1.29 is 22.7 Å². The fraction of sp³-hybridized carbons (Fsp3) is 0.0769. The summed E-state index contributed by atoms with van der Waals surface area (Å²) in [5.74, 6) is -2.02. The third-order valence-corrected chi connectivity index (χ3v) is 3.79. The SMILES string of the molecule is O=C(O)c1cncc(NS(=O)(=O)Cc2ccc(F)cc2)c1. The average molecular weight is 310 g/mol. The summed E-state index contributed by atoms with van der Waals surface area (Å²) in [6.07, 6.45) is 2.31. The van der Waals surface area contributed by atoms with Crippen LogP contribution in [0.15, 0.2) is 42.7 Å². The number of aromatic nitrogens is 1. The van der Waals surface area contributed by atoms with Crippen molar-refractivity contribution in [2.24, 2.45) is 0 Å². The zero-order valence-electron chi connectivity index (χ0n) is 10.7. The third-order valence-electron chi connectivity index (χ3n) is 2.53. The van der Waals surface area contributed by atoms with E-state index in [0.29, 0.717) is 5.56 Å². The molecule has 0 aliphatic carbocycles. The Morgan fingerprint density at radius 3 is 2.52 bits per heavy atom. The number of halogens is 1. The zero-order valence-corrected chi connectivity index (χ0v) is 11.5. The molecule has 0 aliphatic heterocycles. The van der Waals surface area contributed by atoms with E-state index >= 15 is 0 Å². The van der Waals surface area contributed by atoms with Crippen LogP contribution in [0.25, 0.3) is 0 Å². The highest BCUT2D eigenvalue weighted by atomic mass is 32.2. The molecule has 0 spiro atoms. The molecular formula is C13H11FN2O4S. The van der Waals surface area contributed by atoms with Crippen molar-refractivity contribution in [2.75, 3.05) is 4.72 Å². The second-order valence-corrected chi connectivity index (χ2v) is 5.98. The normalized spacial score (nSPS) is 11.1. The molecule has 0 amide bonds. The quantitative estimate of drug-likeness (QED) is 0.878. The minimum Gasteiger partial charge on any atom is -0.478 e. The van der Waals surface area contributed by atoms with Crippen LogP contribution in [-0.4, -0.2) is 24.5 Å². The monoisotopic (exact) mass is 310 g/mol. The van der Waals surface area contributed by atoms with Crippen LogP contribution < -0.4 is 4.72 Å². The van der Waals surface area contributed by atoms with Gasteiger partial charge in [0.25, 0.3) is 0 Å². The van der Waals surface area contributed by atoms with Crippen molar-refractivity contribution in [1.29, 1.82) is 0 Å². The number of hydrogen-bond donors (Lipinski definition) is 2. The van der Waals surface area contributed by atoms with Crippen LogP contribution >= 0.6 is 0 Å². The molecule has 2 aromatic rings. The first kappa shape index (κ1) is 14.9. The number of benzene rings is 1. The van der Waals surface area contributed by atoms with Crippen LogP contribution in [0.5, 0.6) is 0 Å². The summed E-state index contributed by atoms with van der Waals surface area (Å²) < 4.78 is 38.9. The maximum atomic E-state index is 12.8. The molecule has 6 nitrogen and oxygen atoms in total. The van der Waals surface area contributed by atoms with E-state index < -0.39 is 21.8 Å². The Labute approximate surface area is 120 Å². The highest BCUT2D eigenvalue weighted by Gasteiger charge is 2.13. The molecule has 0 saturated carbocycles. The fourth-order valence-electron chi connectivity index (χ4n) is 1.63. The Morgan fingerprint density at radius 2 is 1.90 bits per heavy atom. The number of carboxylic acid groups (broad SMARTS) is 1. The van der Waals surface area contributed by atoms with Crippen molar-refractivity contribution >= 4 is 21.7 Å². The molecule has 1 aromatic heterocycles. The molecule has 21 heavy (non-hydrogen) atoms. The number of carbonyl (C=O) groups is 1. The molecular weight excluding hydrogens is 299 g/mol. The Morgan fingerprint density at radius 1 is 1.24 bits per heavy atom. The van der Waals surface area contributed by atoms with Crippen molar-refractivity contribution in [1.82, 2.24) is 4.98 Å². The summed E-state index contributed by atoms with van der Waals surface area (Å²) in [6, 6.07) is 6.22. The van der Waals surface area contributed by atoms with E-state index in [1.54, 1.807) is 0 Å². The largest absolute Gasteiger partial charge is 0.478 e. The van der Waals surface area contributed by atoms with Gasteiger partial charge in [0.1, 0.15) is 5.82 Å². The number of pyridine rings is 1. The topological polar surface area (TPSA) is 96.4 Å². The molecule has 2 rings (SSSR count). The van der Waals surface area contributed by atoms with Crippen molar-refractivity contribution in [3.63, 3.8) is 0 Å². The summed E-state index contributed by atoms with van der Waals surface area (Å²) in [5.41, 5.74) is 0.334. The highest BCUT2D eigenvalue weighted by Crippen LogP contribution is 2.14. The Bertz CT molecular complexity index is 760. The standard InChI is InChI=1S/C13H11FN2O4S/c14-11-3-1-9(2-4-11)8-21(19,20)16-12-5-10(13(17)18)6-15-7-12/h1-7,16H,8H2,(H,17,18). The number of rotatable bonds is 5. The first-order chi connectivity index (χ1) is 9.85. The maximum Gasteiger partial charge on any atom is 0.337 e. The lowest BCUT2D eigenvalue weighted by Crippen LogP contribution is -2.15. The van der Waals surface area contributed by atoms with E-state index in [2.05, 4.69) is 9.71 Å². The maximum absolute atomic E-state index is 12.8. The Hall–Kier alpha value is -2.48. The van der Waals surface area contributed by atoms with Gasteiger partial charge in [0.2, 0.25) is 10.0 Å². The van der Waals surface area contributed by atoms with Gasteiger partial charge in [-0.15, -0.1) is 0 Å². The van der Waals surface area contributed by atoms with Gasteiger partial charge in [0, 0.05) is 6.20 Å². The average Bonchev–Trinajstić information content (AvgIpc) is 2.41. The molecule has 110 valence electrons. The first-order valence-corrected chi connectivity index (χ1v) is 7.44. The lowest BCUT2D eigenvalue weighted by Gasteiger charge is -2.08. The van der Waals surface area contributed by atoms with Gasteiger partial charge in [-0.1, -0.05) is 12.1 Å². The number of sulfonamides is 1. The first-order valence-electron chi connectivity index (χ1n) is 5.79. The zero-order chi connectivity index (χ0) is 15.5. The molecule has 1 aromatic carbocycles. The van der Waals surface area contributed by atoms with Gasteiger partial charge in [-0.05, 0) is 23.8 Å². The molecule has 0 fully saturated rings. The van der Waals surface area contributed by atoms with E-state index in [4.69, 9.17) is 5.11 Å². The minimum absolute atomic E-state index is 0.0528. The fourth-order valence-corrected chi connectivity index (χ4v) is 2.80. The van der Waals surface area contributed by atoms with Crippen LogP contribution in [0.3, 0.4) is 0 Å². The van der Waals surface area contributed by atoms with Crippen molar-refractivity contribution in [3.8, 4) is 0 Å². The summed E-state index contributed by atoms with van der Waals surface area (Å²) in [6.45, 7) is 0. The summed E-state index contributed by atoms with van der Waals surface area (Å²) >= 11 is 0. The van der Waals surface area contributed by atoms with Gasteiger partial charge in [-0.25, -0.2) is 17.6 Å². The van der Waals surface area contributed by atoms with Gasteiger partial charge in [0.05, 0.1) is 23.2 Å². The van der Waals surface area contributed by atoms with Crippen molar-refractivity contribution in [3.05, 3.63) is 59.7 Å². The van der Waals surface area contributed by atoms with E-state index in [-0.39, 0.29) is 17.0 Å². The molecule has 0 radical (unpaired) electrons. The van der Waals surface area contributed by atoms with Crippen LogP contribution in [0.4, 0.5) is 10.1 Å². The molecule has 1 heterocycles. The van der Waals surface area contributed by atoms with E-state index in [1.165, 1.54) is 18.3 Å². The van der Waals surface area contributed by atoms with E-state index in [9.17, 15) is 17.6 Å². The second-order valence-electron chi connectivity index (χ2n) is 4.26. The van der Waals surface area contributed by atoms with Gasteiger partial charge < -0.3 is 5.11 Å². The third kappa shape index (κ3) is 4.25. The second kappa shape index (κ2) is 5.88. The molecule has 0 saturated heterocycles. The Kier molecular flexibility index (Phi) is 4.18. The van der Waals surface area contributed by atoms with Gasteiger partial charge >= 0.3 is 5.97 Å². The Balaban J connectivity index is 2.15. The predicted molar refractivity (Wildman–Crippen MR) is 73.8 cm³/mol. The molecule has 0 atom stereocenters. The molecule has 0 aliphatic rings. The van der Waals surface area contributed by atoms with Crippen LogP contribution in [0.1, 0.15) is 15.9 Å². The summed E-state index contributed by atoms with van der Waals surface area (Å²) in [7, 11) is -3.75. The van der Waals surface area contributed by atoms with Gasteiger partial charge in [0.15, 0.2) is 0 Å². The number of nitrogens with one attached hydrogen (secondary N) is 1. The number of hydrogen-bond acceptors (Lipinski definition) is 4. The van der Waals surface area contributed by atoms with Gasteiger partial charge in [-0.2, -0.15) is 0 Å². The highest BCUT2D eigenvalue weighted by molar-refractivity contribution is 7.91.